The molecule has 0 atom stereocenters. The number of nitrogens with zero attached hydrogens (tertiary/aromatic N) is 2. The van der Waals surface area contributed by atoms with Gasteiger partial charge in [0.2, 0.25) is 5.91 Å². The molecule has 0 unspecified atom stereocenters. The molecule has 0 spiro atoms. The molecule has 0 aliphatic rings. The second kappa shape index (κ2) is 6.78. The van der Waals surface area contributed by atoms with Crippen LogP contribution in [0.15, 0.2) is 27.4 Å². The molecule has 2 rings (SSSR count). The standard InChI is InChI=1S/C14H18ClN3O3/c1-16-6-8-17(2)13(19)5-7-18-11-4-3-10(15)9-12(11)21-14(18)20/h3-4,9,16H,5-8H2,1-2H3. The van der Waals surface area contributed by atoms with Crippen LogP contribution in [-0.2, 0) is 11.3 Å². The van der Waals surface area contributed by atoms with E-state index < -0.39 is 5.76 Å². The summed E-state index contributed by atoms with van der Waals surface area (Å²) in [6, 6.07) is 5.00. The Bertz CT molecular complexity index is 692. The molecule has 0 saturated heterocycles. The number of aromatic nitrogens is 1. The number of aryl methyl sites for hydroxylation is 1. The number of oxazole rings is 1. The van der Waals surface area contributed by atoms with E-state index in [0.29, 0.717) is 22.7 Å². The van der Waals surface area contributed by atoms with Crippen molar-refractivity contribution in [1.29, 1.82) is 0 Å². The smallest absolute Gasteiger partial charge is 0.408 e. The molecule has 0 aliphatic heterocycles. The maximum absolute atomic E-state index is 12.0. The number of rotatable bonds is 6. The Morgan fingerprint density at radius 2 is 2.24 bits per heavy atom. The summed E-state index contributed by atoms with van der Waals surface area (Å²) < 4.78 is 6.58. The molecule has 1 amide bonds. The number of fused-ring (bicyclic) bond motifs is 1. The first-order valence-electron chi connectivity index (χ1n) is 6.70. The molecule has 0 aliphatic carbocycles. The quantitative estimate of drug-likeness (QED) is 0.873. The van der Waals surface area contributed by atoms with Crippen molar-refractivity contribution in [1.82, 2.24) is 14.8 Å². The molecule has 6 nitrogen and oxygen atoms in total. The van der Waals surface area contributed by atoms with E-state index in [1.54, 1.807) is 30.1 Å². The molecular formula is C14H18ClN3O3. The van der Waals surface area contributed by atoms with Gasteiger partial charge in [-0.25, -0.2) is 4.79 Å². The monoisotopic (exact) mass is 311 g/mol. The lowest BCUT2D eigenvalue weighted by atomic mass is 10.3. The van der Waals surface area contributed by atoms with E-state index in [0.717, 1.165) is 6.54 Å². The molecule has 1 heterocycles. The lowest BCUT2D eigenvalue weighted by Gasteiger charge is -2.16. The molecule has 21 heavy (non-hydrogen) atoms. The highest BCUT2D eigenvalue weighted by Gasteiger charge is 2.13. The van der Waals surface area contributed by atoms with Crippen LogP contribution >= 0.6 is 11.6 Å². The Balaban J connectivity index is 2.08. The molecule has 1 N–H and O–H groups in total. The van der Waals surface area contributed by atoms with Gasteiger partial charge in [-0.2, -0.15) is 0 Å². The van der Waals surface area contributed by atoms with Gasteiger partial charge < -0.3 is 14.6 Å². The van der Waals surface area contributed by atoms with Gasteiger partial charge in [0, 0.05) is 44.2 Å². The third kappa shape index (κ3) is 3.65. The van der Waals surface area contributed by atoms with Crippen LogP contribution in [0.1, 0.15) is 6.42 Å². The molecule has 0 saturated carbocycles. The van der Waals surface area contributed by atoms with Crippen molar-refractivity contribution in [3.63, 3.8) is 0 Å². The maximum Gasteiger partial charge on any atom is 0.419 e. The van der Waals surface area contributed by atoms with Crippen LogP contribution in [0.2, 0.25) is 5.02 Å². The molecular weight excluding hydrogens is 294 g/mol. The Kier molecular flexibility index (Phi) is 5.03. The molecule has 0 radical (unpaired) electrons. The summed E-state index contributed by atoms with van der Waals surface area (Å²) in [5.41, 5.74) is 1.08. The van der Waals surface area contributed by atoms with Gasteiger partial charge in [-0.3, -0.25) is 9.36 Å². The predicted molar refractivity (Wildman–Crippen MR) is 81.7 cm³/mol. The highest BCUT2D eigenvalue weighted by molar-refractivity contribution is 6.31. The van der Waals surface area contributed by atoms with Crippen molar-refractivity contribution in [2.45, 2.75) is 13.0 Å². The maximum atomic E-state index is 12.0. The van der Waals surface area contributed by atoms with E-state index in [2.05, 4.69) is 5.32 Å². The summed E-state index contributed by atoms with van der Waals surface area (Å²) in [5.74, 6) is -0.488. The van der Waals surface area contributed by atoms with Gasteiger partial charge in [-0.05, 0) is 19.2 Å². The van der Waals surface area contributed by atoms with Crippen LogP contribution in [0.3, 0.4) is 0 Å². The molecule has 2 aromatic rings. The normalized spacial score (nSPS) is 11.0. The van der Waals surface area contributed by atoms with Crippen LogP contribution in [0.4, 0.5) is 0 Å². The Morgan fingerprint density at radius 1 is 1.48 bits per heavy atom. The van der Waals surface area contributed by atoms with Crippen molar-refractivity contribution in [3.05, 3.63) is 33.8 Å². The fourth-order valence-corrected chi connectivity index (χ4v) is 2.22. The second-order valence-corrected chi connectivity index (χ2v) is 5.24. The lowest BCUT2D eigenvalue weighted by molar-refractivity contribution is -0.130. The molecule has 1 aromatic heterocycles. The summed E-state index contributed by atoms with van der Waals surface area (Å²) in [5, 5.41) is 3.49. The first-order chi connectivity index (χ1) is 10.0. The van der Waals surface area contributed by atoms with E-state index in [9.17, 15) is 9.59 Å². The van der Waals surface area contributed by atoms with Crippen LogP contribution in [-0.4, -0.2) is 42.6 Å². The van der Waals surface area contributed by atoms with Gasteiger partial charge in [0.25, 0.3) is 0 Å². The second-order valence-electron chi connectivity index (χ2n) is 4.80. The Hall–Kier alpha value is -1.79. The van der Waals surface area contributed by atoms with Crippen LogP contribution < -0.4 is 11.1 Å². The number of hydrogen-bond donors (Lipinski definition) is 1. The Labute approximate surface area is 127 Å². The SMILES string of the molecule is CNCCN(C)C(=O)CCn1c(=O)oc2cc(Cl)ccc21. The first-order valence-corrected chi connectivity index (χ1v) is 7.08. The van der Waals surface area contributed by atoms with E-state index in [4.69, 9.17) is 16.0 Å². The molecule has 114 valence electrons. The van der Waals surface area contributed by atoms with Gasteiger partial charge in [-0.1, -0.05) is 11.6 Å². The van der Waals surface area contributed by atoms with Crippen molar-refractivity contribution in [3.8, 4) is 0 Å². The van der Waals surface area contributed by atoms with Crippen molar-refractivity contribution < 1.29 is 9.21 Å². The van der Waals surface area contributed by atoms with Crippen molar-refractivity contribution in [2.75, 3.05) is 27.2 Å². The number of nitrogens with one attached hydrogen (secondary N) is 1. The van der Waals surface area contributed by atoms with Gasteiger partial charge in [0.1, 0.15) is 0 Å². The fourth-order valence-electron chi connectivity index (χ4n) is 2.05. The van der Waals surface area contributed by atoms with E-state index in [1.807, 2.05) is 7.05 Å². The summed E-state index contributed by atoms with van der Waals surface area (Å²) in [6.07, 6.45) is 0.247. The summed E-state index contributed by atoms with van der Waals surface area (Å²) in [6.45, 7) is 1.65. The number of hydrogen-bond acceptors (Lipinski definition) is 4. The fraction of sp³-hybridized carbons (Fsp3) is 0.429. The molecule has 0 fully saturated rings. The minimum atomic E-state index is -0.474. The zero-order valence-corrected chi connectivity index (χ0v) is 12.8. The number of carbonyl (C=O) groups excluding carboxylic acids is 1. The van der Waals surface area contributed by atoms with Gasteiger partial charge in [-0.15, -0.1) is 0 Å². The summed E-state index contributed by atoms with van der Waals surface area (Å²) >= 11 is 5.86. The predicted octanol–water partition coefficient (Wildman–Crippen LogP) is 1.32. The van der Waals surface area contributed by atoms with Gasteiger partial charge in [0.15, 0.2) is 5.58 Å². The molecule has 7 heteroatoms. The van der Waals surface area contributed by atoms with Crippen LogP contribution in [0, 0.1) is 0 Å². The zero-order valence-electron chi connectivity index (χ0n) is 12.1. The minimum absolute atomic E-state index is 0.0135. The Morgan fingerprint density at radius 3 is 2.95 bits per heavy atom. The van der Waals surface area contributed by atoms with E-state index in [1.165, 1.54) is 4.57 Å². The van der Waals surface area contributed by atoms with Gasteiger partial charge in [0.05, 0.1) is 5.52 Å². The summed E-state index contributed by atoms with van der Waals surface area (Å²) in [7, 11) is 3.58. The lowest BCUT2D eigenvalue weighted by Crippen LogP contribution is -2.33. The summed E-state index contributed by atoms with van der Waals surface area (Å²) in [4.78, 5) is 25.4. The number of benzene rings is 1. The molecule has 0 bridgehead atoms. The highest BCUT2D eigenvalue weighted by Crippen LogP contribution is 2.18. The van der Waals surface area contributed by atoms with Crippen LogP contribution in [0.5, 0.6) is 0 Å². The van der Waals surface area contributed by atoms with Crippen molar-refractivity contribution in [2.24, 2.45) is 0 Å². The highest BCUT2D eigenvalue weighted by atomic mass is 35.5. The number of halogens is 1. The van der Waals surface area contributed by atoms with E-state index >= 15 is 0 Å². The number of amides is 1. The topological polar surface area (TPSA) is 67.5 Å². The molecule has 1 aromatic carbocycles. The first kappa shape index (κ1) is 15.6. The zero-order chi connectivity index (χ0) is 15.4. The minimum Gasteiger partial charge on any atom is -0.408 e. The number of carbonyl (C=O) groups is 1. The average Bonchev–Trinajstić information content (AvgIpc) is 2.76. The van der Waals surface area contributed by atoms with Crippen LogP contribution in [0.25, 0.3) is 11.1 Å². The largest absolute Gasteiger partial charge is 0.419 e. The van der Waals surface area contributed by atoms with E-state index in [-0.39, 0.29) is 18.9 Å². The van der Waals surface area contributed by atoms with Crippen molar-refractivity contribution >= 4 is 28.6 Å². The average molecular weight is 312 g/mol. The third-order valence-corrected chi connectivity index (χ3v) is 3.54. The number of likely N-dealkylation sites (N-methyl/N-ethyl adjacent to an activating group) is 2. The van der Waals surface area contributed by atoms with Gasteiger partial charge >= 0.3 is 5.76 Å². The third-order valence-electron chi connectivity index (χ3n) is 3.30.